The summed E-state index contributed by atoms with van der Waals surface area (Å²) >= 11 is 0. The van der Waals surface area contributed by atoms with Crippen LogP contribution in [0.1, 0.15) is 0 Å². The lowest BCUT2D eigenvalue weighted by Gasteiger charge is -2.16. The van der Waals surface area contributed by atoms with E-state index >= 15 is 0 Å². The third-order valence-electron chi connectivity index (χ3n) is 1.80. The average Bonchev–Trinajstić information content (AvgIpc) is 2.31. The van der Waals surface area contributed by atoms with Gasteiger partial charge in [0.05, 0.1) is 0 Å². The summed E-state index contributed by atoms with van der Waals surface area (Å²) in [6.45, 7) is 2.73. The summed E-state index contributed by atoms with van der Waals surface area (Å²) in [4.78, 5) is 12.8. The van der Waals surface area contributed by atoms with Gasteiger partial charge in [-0.3, -0.25) is 4.90 Å². The third-order valence-corrected chi connectivity index (χ3v) is 1.80. The van der Waals surface area contributed by atoms with Crippen LogP contribution in [0.25, 0.3) is 0 Å². The molecule has 0 saturated carbocycles. The number of para-hydroxylation sites is 1. The van der Waals surface area contributed by atoms with Gasteiger partial charge in [-0.1, -0.05) is 30.4 Å². The van der Waals surface area contributed by atoms with E-state index in [2.05, 4.69) is 6.54 Å². The molecule has 0 N–H and O–H groups in total. The molecule has 3 nitrogen and oxygen atoms in total. The van der Waals surface area contributed by atoms with Crippen molar-refractivity contribution in [2.75, 3.05) is 0 Å². The first-order chi connectivity index (χ1) is 7.36. The second-order valence-electron chi connectivity index (χ2n) is 2.88. The molecule has 1 heterocycles. The number of ether oxygens (including phenoxy) is 1. The molecule has 1 aliphatic heterocycles. The van der Waals surface area contributed by atoms with Crippen LogP contribution in [0.15, 0.2) is 54.8 Å². The van der Waals surface area contributed by atoms with Crippen LogP contribution in [0.4, 0.5) is 4.79 Å². The normalized spacial score (nSPS) is 14.0. The Morgan fingerprint density at radius 2 is 2.00 bits per heavy atom. The minimum Gasteiger partial charge on any atom is -0.410 e. The van der Waals surface area contributed by atoms with Gasteiger partial charge >= 0.3 is 6.09 Å². The number of nitrogens with zero attached hydrogens (tertiary/aromatic N) is 1. The standard InChI is InChI=1S/C12H9NO2/c14-12(13-9-5-2-6-10-13)15-11-7-3-1-4-8-11/h1-9H. The average molecular weight is 199 g/mol. The Bertz CT molecular complexity index is 395. The summed E-state index contributed by atoms with van der Waals surface area (Å²) in [6, 6.07) is 8.92. The first kappa shape index (κ1) is 9.52. The number of amides is 1. The summed E-state index contributed by atoms with van der Waals surface area (Å²) in [5.74, 6) is 0.521. The van der Waals surface area contributed by atoms with Gasteiger partial charge in [0.15, 0.2) is 0 Å². The summed E-state index contributed by atoms with van der Waals surface area (Å²) in [6.07, 6.45) is 6.29. The highest BCUT2D eigenvalue weighted by Crippen LogP contribution is 2.12. The number of hydrogen-bond donors (Lipinski definition) is 0. The van der Waals surface area contributed by atoms with Crippen molar-refractivity contribution in [2.24, 2.45) is 0 Å². The SMILES string of the molecule is O=C(Oc1ccccc1)N1[C]C=CC=C1. The van der Waals surface area contributed by atoms with Crippen LogP contribution in [-0.4, -0.2) is 11.0 Å². The minimum absolute atomic E-state index is 0.471. The highest BCUT2D eigenvalue weighted by Gasteiger charge is 2.13. The van der Waals surface area contributed by atoms with Gasteiger partial charge in [-0.25, -0.2) is 4.79 Å². The molecule has 0 spiro atoms. The maximum atomic E-state index is 11.5. The number of carbonyl (C=O) groups is 1. The molecule has 0 fully saturated rings. The van der Waals surface area contributed by atoms with Crippen LogP contribution in [-0.2, 0) is 0 Å². The lowest BCUT2D eigenvalue weighted by molar-refractivity contribution is 0.179. The van der Waals surface area contributed by atoms with Crippen LogP contribution in [0, 0.1) is 6.54 Å². The van der Waals surface area contributed by atoms with Crippen molar-refractivity contribution in [3.63, 3.8) is 0 Å². The van der Waals surface area contributed by atoms with Crippen LogP contribution < -0.4 is 4.74 Å². The van der Waals surface area contributed by atoms with Crippen molar-refractivity contribution >= 4 is 6.09 Å². The lowest BCUT2D eigenvalue weighted by Crippen LogP contribution is -2.26. The highest BCUT2D eigenvalue weighted by molar-refractivity contribution is 5.73. The van der Waals surface area contributed by atoms with E-state index in [1.54, 1.807) is 36.6 Å². The van der Waals surface area contributed by atoms with E-state index in [1.807, 2.05) is 18.2 Å². The number of benzene rings is 1. The predicted molar refractivity (Wildman–Crippen MR) is 55.8 cm³/mol. The Hall–Kier alpha value is -2.03. The van der Waals surface area contributed by atoms with Crippen molar-refractivity contribution < 1.29 is 9.53 Å². The predicted octanol–water partition coefficient (Wildman–Crippen LogP) is 2.61. The van der Waals surface area contributed by atoms with Crippen molar-refractivity contribution in [3.05, 3.63) is 61.3 Å². The van der Waals surface area contributed by atoms with Crippen LogP contribution in [0.3, 0.4) is 0 Å². The van der Waals surface area contributed by atoms with Crippen molar-refractivity contribution in [2.45, 2.75) is 0 Å². The van der Waals surface area contributed by atoms with Gasteiger partial charge in [0.2, 0.25) is 0 Å². The molecule has 2 radical (unpaired) electrons. The number of carbonyl (C=O) groups excluding carboxylic acids is 1. The lowest BCUT2D eigenvalue weighted by atomic mass is 10.3. The smallest absolute Gasteiger partial charge is 0.410 e. The summed E-state index contributed by atoms with van der Waals surface area (Å²) in [5, 5.41) is 0. The molecule has 2 rings (SSSR count). The maximum Gasteiger partial charge on any atom is 0.420 e. The Kier molecular flexibility index (Phi) is 2.83. The van der Waals surface area contributed by atoms with Crippen LogP contribution in [0.5, 0.6) is 5.75 Å². The largest absolute Gasteiger partial charge is 0.420 e. The fourth-order valence-electron chi connectivity index (χ4n) is 1.11. The molecule has 1 amide bonds. The number of allylic oxidation sites excluding steroid dienone is 2. The van der Waals surface area contributed by atoms with Gasteiger partial charge in [-0.15, -0.1) is 0 Å². The van der Waals surface area contributed by atoms with Crippen LogP contribution >= 0.6 is 0 Å². The molecule has 3 heteroatoms. The van der Waals surface area contributed by atoms with Crippen LogP contribution in [0.2, 0.25) is 0 Å². The fourth-order valence-corrected chi connectivity index (χ4v) is 1.11. The molecule has 0 bridgehead atoms. The molecule has 74 valence electrons. The quantitative estimate of drug-likeness (QED) is 0.695. The Labute approximate surface area is 88.3 Å². The molecule has 0 saturated heterocycles. The molecule has 0 aliphatic carbocycles. The Morgan fingerprint density at radius 3 is 2.67 bits per heavy atom. The van der Waals surface area contributed by atoms with E-state index in [4.69, 9.17) is 4.74 Å². The number of rotatable bonds is 1. The van der Waals surface area contributed by atoms with Gasteiger partial charge < -0.3 is 4.74 Å². The van der Waals surface area contributed by atoms with Gasteiger partial charge in [-0.2, -0.15) is 0 Å². The molecule has 1 aromatic carbocycles. The van der Waals surface area contributed by atoms with E-state index < -0.39 is 6.09 Å². The summed E-state index contributed by atoms with van der Waals surface area (Å²) in [5.41, 5.74) is 0. The molecular formula is C12H9NO2. The maximum absolute atomic E-state index is 11.5. The van der Waals surface area contributed by atoms with E-state index in [1.165, 1.54) is 4.90 Å². The zero-order valence-corrected chi connectivity index (χ0v) is 7.96. The van der Waals surface area contributed by atoms with Gasteiger partial charge in [0, 0.05) is 6.20 Å². The van der Waals surface area contributed by atoms with Gasteiger partial charge in [0.25, 0.3) is 0 Å². The Morgan fingerprint density at radius 1 is 1.20 bits per heavy atom. The zero-order valence-electron chi connectivity index (χ0n) is 7.96. The van der Waals surface area contributed by atoms with Crippen molar-refractivity contribution in [3.8, 4) is 5.75 Å². The molecule has 1 aliphatic rings. The first-order valence-electron chi connectivity index (χ1n) is 4.52. The molecule has 1 aromatic rings. The second-order valence-corrected chi connectivity index (χ2v) is 2.88. The van der Waals surface area contributed by atoms with E-state index in [0.717, 1.165) is 0 Å². The Balaban J connectivity index is 1.98. The second kappa shape index (κ2) is 4.46. The van der Waals surface area contributed by atoms with E-state index in [-0.39, 0.29) is 0 Å². The van der Waals surface area contributed by atoms with Crippen molar-refractivity contribution in [1.82, 2.24) is 4.90 Å². The van der Waals surface area contributed by atoms with E-state index in [9.17, 15) is 4.79 Å². The highest BCUT2D eigenvalue weighted by atomic mass is 16.6. The minimum atomic E-state index is -0.471. The van der Waals surface area contributed by atoms with Gasteiger partial charge in [0.1, 0.15) is 12.3 Å². The summed E-state index contributed by atoms with van der Waals surface area (Å²) in [7, 11) is 0. The summed E-state index contributed by atoms with van der Waals surface area (Å²) < 4.78 is 5.09. The molecule has 0 atom stereocenters. The topological polar surface area (TPSA) is 29.5 Å². The molecular weight excluding hydrogens is 190 g/mol. The number of hydrogen-bond acceptors (Lipinski definition) is 2. The van der Waals surface area contributed by atoms with Gasteiger partial charge in [-0.05, 0) is 18.2 Å². The zero-order chi connectivity index (χ0) is 10.5. The monoisotopic (exact) mass is 199 g/mol. The third kappa shape index (κ3) is 2.47. The molecule has 0 aromatic heterocycles. The fraction of sp³-hybridized carbons (Fsp3) is 0. The first-order valence-corrected chi connectivity index (χ1v) is 4.52. The van der Waals surface area contributed by atoms with Crippen molar-refractivity contribution in [1.29, 1.82) is 0 Å². The molecule has 0 unspecified atom stereocenters. The van der Waals surface area contributed by atoms with E-state index in [0.29, 0.717) is 5.75 Å². The molecule has 15 heavy (non-hydrogen) atoms.